The number of nitrogens with one attached hydrogen (secondary N) is 1. The van der Waals surface area contributed by atoms with Crippen LogP contribution in [0.5, 0.6) is 0 Å². The summed E-state index contributed by atoms with van der Waals surface area (Å²) in [6, 6.07) is 8.29. The number of carbonyl (C=O) groups is 2. The van der Waals surface area contributed by atoms with E-state index in [4.69, 9.17) is 9.84 Å². The van der Waals surface area contributed by atoms with Crippen LogP contribution in [0.15, 0.2) is 30.3 Å². The maximum atomic E-state index is 11.6. The van der Waals surface area contributed by atoms with E-state index in [-0.39, 0.29) is 12.5 Å². The molecular weight excluding hydrogens is 246 g/mol. The first-order chi connectivity index (χ1) is 9.04. The SMILES string of the molecule is CC[C@@H](C)[C@H](NC(=O)OCc1ccccc1)C(=O)O. The number of amides is 1. The molecule has 19 heavy (non-hydrogen) atoms. The van der Waals surface area contributed by atoms with Gasteiger partial charge < -0.3 is 15.2 Å². The average Bonchev–Trinajstić information content (AvgIpc) is 2.42. The molecule has 0 spiro atoms. The zero-order valence-electron chi connectivity index (χ0n) is 11.1. The second kappa shape index (κ2) is 7.41. The van der Waals surface area contributed by atoms with Crippen LogP contribution in [0.2, 0.25) is 0 Å². The zero-order valence-corrected chi connectivity index (χ0v) is 11.1. The molecule has 1 rings (SSSR count). The number of rotatable bonds is 6. The van der Waals surface area contributed by atoms with E-state index in [0.29, 0.717) is 6.42 Å². The Kier molecular flexibility index (Phi) is 5.85. The molecule has 1 aromatic carbocycles. The van der Waals surface area contributed by atoms with Crippen LogP contribution in [-0.4, -0.2) is 23.2 Å². The third kappa shape index (κ3) is 4.99. The molecular formula is C14H19NO4. The van der Waals surface area contributed by atoms with Gasteiger partial charge in [0.1, 0.15) is 12.6 Å². The summed E-state index contributed by atoms with van der Waals surface area (Å²) in [5.41, 5.74) is 0.855. The second-order valence-corrected chi connectivity index (χ2v) is 4.41. The highest BCUT2D eigenvalue weighted by molar-refractivity contribution is 5.80. The molecule has 0 aliphatic carbocycles. The molecule has 1 amide bonds. The third-order valence-electron chi connectivity index (χ3n) is 2.97. The van der Waals surface area contributed by atoms with E-state index in [1.807, 2.05) is 37.3 Å². The van der Waals surface area contributed by atoms with Crippen molar-refractivity contribution in [3.05, 3.63) is 35.9 Å². The molecule has 0 heterocycles. The Bertz CT molecular complexity index is 419. The molecule has 0 bridgehead atoms. The van der Waals surface area contributed by atoms with Crippen LogP contribution in [0.4, 0.5) is 4.79 Å². The summed E-state index contributed by atoms with van der Waals surface area (Å²) in [5.74, 6) is -1.20. The van der Waals surface area contributed by atoms with E-state index in [2.05, 4.69) is 5.32 Å². The molecule has 5 heteroatoms. The van der Waals surface area contributed by atoms with E-state index < -0.39 is 18.1 Å². The topological polar surface area (TPSA) is 75.6 Å². The van der Waals surface area contributed by atoms with Gasteiger partial charge in [-0.05, 0) is 11.5 Å². The van der Waals surface area contributed by atoms with E-state index in [0.717, 1.165) is 5.56 Å². The molecule has 0 saturated carbocycles. The number of benzene rings is 1. The lowest BCUT2D eigenvalue weighted by atomic mass is 10.00. The van der Waals surface area contributed by atoms with Gasteiger partial charge in [-0.1, -0.05) is 50.6 Å². The Labute approximate surface area is 112 Å². The van der Waals surface area contributed by atoms with Crippen molar-refractivity contribution < 1.29 is 19.4 Å². The van der Waals surface area contributed by atoms with E-state index in [1.54, 1.807) is 6.92 Å². The first-order valence-electron chi connectivity index (χ1n) is 6.24. The van der Waals surface area contributed by atoms with Crippen molar-refractivity contribution in [2.24, 2.45) is 5.92 Å². The lowest BCUT2D eigenvalue weighted by Crippen LogP contribution is -2.45. The third-order valence-corrected chi connectivity index (χ3v) is 2.97. The van der Waals surface area contributed by atoms with Gasteiger partial charge in [0.25, 0.3) is 0 Å². The van der Waals surface area contributed by atoms with Crippen molar-refractivity contribution in [3.63, 3.8) is 0 Å². The predicted octanol–water partition coefficient (Wildman–Crippen LogP) is 2.41. The Hall–Kier alpha value is -2.04. The Morgan fingerprint density at radius 2 is 1.95 bits per heavy atom. The second-order valence-electron chi connectivity index (χ2n) is 4.41. The summed E-state index contributed by atoms with van der Waals surface area (Å²) in [4.78, 5) is 22.6. The first-order valence-corrected chi connectivity index (χ1v) is 6.24. The Balaban J connectivity index is 2.47. The summed E-state index contributed by atoms with van der Waals surface area (Å²) in [6.45, 7) is 3.77. The van der Waals surface area contributed by atoms with Crippen LogP contribution in [-0.2, 0) is 16.1 Å². The van der Waals surface area contributed by atoms with Crippen molar-refractivity contribution in [1.82, 2.24) is 5.32 Å². The van der Waals surface area contributed by atoms with Crippen molar-refractivity contribution in [2.45, 2.75) is 32.9 Å². The number of hydrogen-bond acceptors (Lipinski definition) is 3. The number of ether oxygens (including phenoxy) is 1. The Morgan fingerprint density at radius 3 is 2.47 bits per heavy atom. The van der Waals surface area contributed by atoms with Gasteiger partial charge in [0.15, 0.2) is 0 Å². The number of hydrogen-bond donors (Lipinski definition) is 2. The summed E-state index contributed by atoms with van der Waals surface area (Å²) < 4.78 is 4.99. The molecule has 0 aromatic heterocycles. The highest BCUT2D eigenvalue weighted by atomic mass is 16.5. The fourth-order valence-corrected chi connectivity index (χ4v) is 1.57. The van der Waals surface area contributed by atoms with Crippen LogP contribution in [0.3, 0.4) is 0 Å². The summed E-state index contributed by atoms with van der Waals surface area (Å²) in [6.07, 6.45) is -0.0489. The minimum absolute atomic E-state index is 0.125. The van der Waals surface area contributed by atoms with Crippen molar-refractivity contribution in [1.29, 1.82) is 0 Å². The van der Waals surface area contributed by atoms with Gasteiger partial charge in [-0.3, -0.25) is 0 Å². The van der Waals surface area contributed by atoms with Gasteiger partial charge in [-0.2, -0.15) is 0 Å². The molecule has 0 aliphatic heterocycles. The number of aliphatic carboxylic acids is 1. The fraction of sp³-hybridized carbons (Fsp3) is 0.429. The minimum atomic E-state index is -1.05. The van der Waals surface area contributed by atoms with Gasteiger partial charge in [0.05, 0.1) is 0 Å². The van der Waals surface area contributed by atoms with Crippen LogP contribution in [0.25, 0.3) is 0 Å². The van der Waals surface area contributed by atoms with Gasteiger partial charge >= 0.3 is 12.1 Å². The molecule has 2 N–H and O–H groups in total. The maximum Gasteiger partial charge on any atom is 0.408 e. The summed E-state index contributed by atoms with van der Waals surface area (Å²) >= 11 is 0. The predicted molar refractivity (Wildman–Crippen MR) is 70.6 cm³/mol. The van der Waals surface area contributed by atoms with Gasteiger partial charge in [0.2, 0.25) is 0 Å². The molecule has 0 fully saturated rings. The molecule has 2 atom stereocenters. The quantitative estimate of drug-likeness (QED) is 0.828. The van der Waals surface area contributed by atoms with Crippen LogP contribution in [0, 0.1) is 5.92 Å². The highest BCUT2D eigenvalue weighted by Gasteiger charge is 2.25. The maximum absolute atomic E-state index is 11.6. The van der Waals surface area contributed by atoms with Gasteiger partial charge in [-0.15, -0.1) is 0 Å². The number of carboxylic acid groups (broad SMARTS) is 1. The van der Waals surface area contributed by atoms with E-state index >= 15 is 0 Å². The first kappa shape index (κ1) is 15.0. The summed E-state index contributed by atoms with van der Waals surface area (Å²) in [7, 11) is 0. The molecule has 1 aromatic rings. The number of carboxylic acids is 1. The van der Waals surface area contributed by atoms with E-state index in [1.165, 1.54) is 0 Å². The smallest absolute Gasteiger partial charge is 0.408 e. The fourth-order valence-electron chi connectivity index (χ4n) is 1.57. The monoisotopic (exact) mass is 265 g/mol. The number of carbonyl (C=O) groups excluding carboxylic acids is 1. The van der Waals surface area contributed by atoms with Crippen LogP contribution < -0.4 is 5.32 Å². The van der Waals surface area contributed by atoms with E-state index in [9.17, 15) is 9.59 Å². The van der Waals surface area contributed by atoms with Crippen LogP contribution in [0.1, 0.15) is 25.8 Å². The van der Waals surface area contributed by atoms with Crippen LogP contribution >= 0.6 is 0 Å². The normalized spacial score (nSPS) is 13.4. The minimum Gasteiger partial charge on any atom is -0.480 e. The average molecular weight is 265 g/mol. The van der Waals surface area contributed by atoms with Gasteiger partial charge in [0, 0.05) is 0 Å². The molecule has 0 saturated heterocycles. The zero-order chi connectivity index (χ0) is 14.3. The standard InChI is InChI=1S/C14H19NO4/c1-3-10(2)12(13(16)17)15-14(18)19-9-11-7-5-4-6-8-11/h4-8,10,12H,3,9H2,1-2H3,(H,15,18)(H,16,17)/t10-,12+/m1/s1. The van der Waals surface area contributed by atoms with Crippen molar-refractivity contribution in [3.8, 4) is 0 Å². The largest absolute Gasteiger partial charge is 0.480 e. The summed E-state index contributed by atoms with van der Waals surface area (Å²) in [5, 5.41) is 11.4. The van der Waals surface area contributed by atoms with Gasteiger partial charge in [-0.25, -0.2) is 9.59 Å². The molecule has 0 radical (unpaired) electrons. The lowest BCUT2D eigenvalue weighted by molar-refractivity contribution is -0.140. The molecule has 104 valence electrons. The molecule has 0 aliphatic rings. The Morgan fingerprint density at radius 1 is 1.32 bits per heavy atom. The lowest BCUT2D eigenvalue weighted by Gasteiger charge is -2.19. The highest BCUT2D eigenvalue weighted by Crippen LogP contribution is 2.08. The van der Waals surface area contributed by atoms with Crippen molar-refractivity contribution >= 4 is 12.1 Å². The molecule has 0 unspecified atom stereocenters. The van der Waals surface area contributed by atoms with Crippen molar-refractivity contribution in [2.75, 3.05) is 0 Å². The number of alkyl carbamates (subject to hydrolysis) is 1. The molecule has 5 nitrogen and oxygen atoms in total.